The summed E-state index contributed by atoms with van der Waals surface area (Å²) in [6.07, 6.45) is 8.05. The first-order valence-electron chi connectivity index (χ1n) is 9.67. The number of anilines is 1. The molecule has 4 bridgehead atoms. The fourth-order valence-electron chi connectivity index (χ4n) is 5.82. The van der Waals surface area contributed by atoms with Crippen LogP contribution in [0.1, 0.15) is 53.9 Å². The average Bonchev–Trinajstić information content (AvgIpc) is 3.31. The van der Waals surface area contributed by atoms with Gasteiger partial charge in [0.1, 0.15) is 0 Å². The molecule has 2 N–H and O–H groups in total. The molecule has 0 radical (unpaired) electrons. The van der Waals surface area contributed by atoms with Crippen LogP contribution in [-0.4, -0.2) is 23.3 Å². The minimum atomic E-state index is -0.230. The van der Waals surface area contributed by atoms with Crippen LogP contribution in [0, 0.1) is 17.8 Å². The predicted octanol–water partition coefficient (Wildman–Crippen LogP) is 4.04. The Balaban J connectivity index is 1.21. The van der Waals surface area contributed by atoms with Gasteiger partial charge in [-0.1, -0.05) is 6.07 Å². The Morgan fingerprint density at radius 2 is 1.81 bits per heavy atom. The van der Waals surface area contributed by atoms with Crippen molar-refractivity contribution in [2.45, 2.75) is 43.9 Å². The van der Waals surface area contributed by atoms with Gasteiger partial charge in [-0.3, -0.25) is 9.59 Å². The lowest BCUT2D eigenvalue weighted by Crippen LogP contribution is -2.48. The highest BCUT2D eigenvalue weighted by atomic mass is 32.1. The summed E-state index contributed by atoms with van der Waals surface area (Å²) in [6.45, 7) is -0.0387. The lowest BCUT2D eigenvalue weighted by Gasteiger charge is -2.56. The number of nitrogens with zero attached hydrogens (tertiary/aromatic N) is 1. The van der Waals surface area contributed by atoms with Crippen molar-refractivity contribution in [3.05, 3.63) is 33.5 Å². The van der Waals surface area contributed by atoms with Crippen LogP contribution in [-0.2, 0) is 10.2 Å². The number of carbonyl (C=O) groups excluding carboxylic acids is 2. The van der Waals surface area contributed by atoms with Crippen molar-refractivity contribution < 1.29 is 9.59 Å². The molecule has 2 aromatic heterocycles. The molecule has 0 aliphatic heterocycles. The molecular weight excluding hydrogens is 378 g/mol. The van der Waals surface area contributed by atoms with E-state index in [-0.39, 0.29) is 23.8 Å². The van der Waals surface area contributed by atoms with Crippen molar-refractivity contribution in [1.82, 2.24) is 10.3 Å². The molecule has 4 aliphatic rings. The molecule has 4 aliphatic carbocycles. The Morgan fingerprint density at radius 3 is 2.44 bits per heavy atom. The number of hydrogen-bond acceptors (Lipinski definition) is 5. The number of thiophene rings is 1. The Labute approximate surface area is 166 Å². The predicted molar refractivity (Wildman–Crippen MR) is 107 cm³/mol. The third kappa shape index (κ3) is 3.31. The van der Waals surface area contributed by atoms with Gasteiger partial charge >= 0.3 is 0 Å². The second kappa shape index (κ2) is 6.71. The third-order valence-electron chi connectivity index (χ3n) is 6.49. The zero-order valence-corrected chi connectivity index (χ0v) is 16.7. The highest BCUT2D eigenvalue weighted by Gasteiger charge is 2.52. The van der Waals surface area contributed by atoms with Gasteiger partial charge in [-0.2, -0.15) is 0 Å². The molecule has 0 saturated heterocycles. The lowest BCUT2D eigenvalue weighted by molar-refractivity contribution is -0.115. The molecule has 5 nitrogen and oxygen atoms in total. The van der Waals surface area contributed by atoms with Crippen molar-refractivity contribution >= 4 is 39.6 Å². The first-order chi connectivity index (χ1) is 13.1. The number of aromatic nitrogens is 1. The van der Waals surface area contributed by atoms with Gasteiger partial charge in [0, 0.05) is 10.8 Å². The van der Waals surface area contributed by atoms with E-state index in [0.717, 1.165) is 17.8 Å². The summed E-state index contributed by atoms with van der Waals surface area (Å²) in [7, 11) is 0. The highest BCUT2D eigenvalue weighted by Crippen LogP contribution is 2.60. The summed E-state index contributed by atoms with van der Waals surface area (Å²) < 4.78 is 0. The Kier molecular flexibility index (Phi) is 4.31. The zero-order valence-electron chi connectivity index (χ0n) is 15.1. The summed E-state index contributed by atoms with van der Waals surface area (Å²) in [5.74, 6) is 2.19. The molecule has 0 spiro atoms. The van der Waals surface area contributed by atoms with Crippen molar-refractivity contribution in [1.29, 1.82) is 0 Å². The smallest absolute Gasteiger partial charge is 0.261 e. The van der Waals surface area contributed by atoms with E-state index in [1.54, 1.807) is 6.07 Å². The SMILES string of the molecule is O=C(CNC(=O)c1cccs1)Nc1nc(C23CC4CC(CC(C4)C2)C3)cs1. The quantitative estimate of drug-likeness (QED) is 0.794. The number of rotatable bonds is 5. The van der Waals surface area contributed by atoms with E-state index in [2.05, 4.69) is 16.0 Å². The molecular formula is C20H23N3O2S2. The van der Waals surface area contributed by atoms with Crippen LogP contribution < -0.4 is 10.6 Å². The van der Waals surface area contributed by atoms with Gasteiger partial charge in [0.15, 0.2) is 5.13 Å². The second-order valence-corrected chi connectivity index (χ2v) is 10.2. The Bertz CT molecular complexity index is 823. The molecule has 2 aromatic rings. The van der Waals surface area contributed by atoms with Crippen LogP contribution in [0.25, 0.3) is 0 Å². The largest absolute Gasteiger partial charge is 0.342 e. The maximum atomic E-state index is 12.2. The molecule has 7 heteroatoms. The summed E-state index contributed by atoms with van der Waals surface area (Å²) in [6, 6.07) is 3.57. The number of thiazole rings is 1. The van der Waals surface area contributed by atoms with E-state index >= 15 is 0 Å². The lowest BCUT2D eigenvalue weighted by atomic mass is 9.49. The Hall–Kier alpha value is -1.73. The van der Waals surface area contributed by atoms with E-state index in [9.17, 15) is 9.59 Å². The summed E-state index contributed by atoms with van der Waals surface area (Å²) in [5.41, 5.74) is 1.44. The van der Waals surface area contributed by atoms with Crippen LogP contribution in [0.15, 0.2) is 22.9 Å². The molecule has 0 aromatic carbocycles. The maximum absolute atomic E-state index is 12.2. The Morgan fingerprint density at radius 1 is 1.11 bits per heavy atom. The molecule has 2 amide bonds. The van der Waals surface area contributed by atoms with Crippen LogP contribution in [0.2, 0.25) is 0 Å². The van der Waals surface area contributed by atoms with E-state index in [0.29, 0.717) is 10.0 Å². The molecule has 6 rings (SSSR count). The van der Waals surface area contributed by atoms with Gasteiger partial charge in [-0.05, 0) is 67.7 Å². The van der Waals surface area contributed by atoms with Gasteiger partial charge in [0.05, 0.1) is 17.1 Å². The van der Waals surface area contributed by atoms with Gasteiger partial charge in [-0.25, -0.2) is 4.98 Å². The second-order valence-electron chi connectivity index (χ2n) is 8.44. The number of amides is 2. The molecule has 27 heavy (non-hydrogen) atoms. The van der Waals surface area contributed by atoms with Crippen molar-refractivity contribution in [2.75, 3.05) is 11.9 Å². The third-order valence-corrected chi connectivity index (χ3v) is 8.11. The highest BCUT2D eigenvalue weighted by molar-refractivity contribution is 7.14. The summed E-state index contributed by atoms with van der Waals surface area (Å²) in [5, 5.41) is 10.1. The maximum Gasteiger partial charge on any atom is 0.261 e. The van der Waals surface area contributed by atoms with Crippen molar-refractivity contribution in [2.24, 2.45) is 17.8 Å². The first-order valence-corrected chi connectivity index (χ1v) is 11.4. The first kappa shape index (κ1) is 17.4. The van der Waals surface area contributed by atoms with Crippen molar-refractivity contribution in [3.8, 4) is 0 Å². The topological polar surface area (TPSA) is 71.1 Å². The monoisotopic (exact) mass is 401 g/mol. The fourth-order valence-corrected chi connectivity index (χ4v) is 7.31. The van der Waals surface area contributed by atoms with Gasteiger partial charge in [-0.15, -0.1) is 22.7 Å². The molecule has 0 atom stereocenters. The molecule has 0 unspecified atom stereocenters. The minimum Gasteiger partial charge on any atom is -0.342 e. The van der Waals surface area contributed by atoms with Gasteiger partial charge in [0.25, 0.3) is 5.91 Å². The van der Waals surface area contributed by atoms with E-state index < -0.39 is 0 Å². The standard InChI is InChI=1S/C20H23N3O2S2/c24-17(10-21-18(25)15-2-1-3-26-15)23-19-22-16(11-27-19)20-7-12-4-13(8-20)6-14(5-12)9-20/h1-3,11-14H,4-10H2,(H,21,25)(H,22,23,24). The fraction of sp³-hybridized carbons (Fsp3) is 0.550. The van der Waals surface area contributed by atoms with E-state index in [4.69, 9.17) is 4.98 Å². The summed E-state index contributed by atoms with van der Waals surface area (Å²) in [4.78, 5) is 29.5. The molecule has 142 valence electrons. The van der Waals surface area contributed by atoms with E-state index in [1.807, 2.05) is 11.4 Å². The number of nitrogens with one attached hydrogen (secondary N) is 2. The van der Waals surface area contributed by atoms with E-state index in [1.165, 1.54) is 66.9 Å². The van der Waals surface area contributed by atoms with Crippen LogP contribution in [0.4, 0.5) is 5.13 Å². The average molecular weight is 402 g/mol. The zero-order chi connectivity index (χ0) is 18.4. The molecule has 4 saturated carbocycles. The van der Waals surface area contributed by atoms with Crippen LogP contribution in [0.3, 0.4) is 0 Å². The van der Waals surface area contributed by atoms with Gasteiger partial charge in [0.2, 0.25) is 5.91 Å². The summed E-state index contributed by atoms with van der Waals surface area (Å²) >= 11 is 2.87. The number of hydrogen-bond donors (Lipinski definition) is 2. The van der Waals surface area contributed by atoms with Gasteiger partial charge < -0.3 is 10.6 Å². The van der Waals surface area contributed by atoms with Crippen molar-refractivity contribution in [3.63, 3.8) is 0 Å². The minimum absolute atomic E-state index is 0.0387. The van der Waals surface area contributed by atoms with Crippen LogP contribution >= 0.6 is 22.7 Å². The molecule has 2 heterocycles. The number of carbonyl (C=O) groups is 2. The van der Waals surface area contributed by atoms with Crippen LogP contribution in [0.5, 0.6) is 0 Å². The normalized spacial score (nSPS) is 31.0. The molecule has 4 fully saturated rings.